The molecule has 0 spiro atoms. The lowest BCUT2D eigenvalue weighted by molar-refractivity contribution is 0.454. The van der Waals surface area contributed by atoms with Crippen molar-refractivity contribution in [3.8, 4) is 22.6 Å². The van der Waals surface area contributed by atoms with Gasteiger partial charge < -0.3 is 5.32 Å². The topological polar surface area (TPSA) is 68.0 Å². The van der Waals surface area contributed by atoms with Crippen LogP contribution in [0.4, 0.5) is 5.69 Å². The first kappa shape index (κ1) is 17.8. The number of fused-ring (bicyclic) bond motifs is 2. The number of benzene rings is 1. The fraction of sp³-hybridized carbons (Fsp3) is 0.304. The molecule has 1 unspecified atom stereocenters. The van der Waals surface area contributed by atoms with Crippen LogP contribution in [0, 0.1) is 6.92 Å². The van der Waals surface area contributed by atoms with Gasteiger partial charge in [0, 0.05) is 40.9 Å². The van der Waals surface area contributed by atoms with Gasteiger partial charge in [-0.2, -0.15) is 9.50 Å². The molecule has 1 aliphatic rings. The zero-order chi connectivity index (χ0) is 20.2. The summed E-state index contributed by atoms with van der Waals surface area (Å²) in [6, 6.07) is 10.4. The number of nitrogens with one attached hydrogen (secondary N) is 1. The third kappa shape index (κ3) is 3.05. The molecule has 5 rings (SSSR count). The van der Waals surface area contributed by atoms with Gasteiger partial charge in [0.25, 0.3) is 5.78 Å². The first-order valence-corrected chi connectivity index (χ1v) is 9.96. The molecule has 1 aliphatic heterocycles. The molecule has 146 valence electrons. The maximum atomic E-state index is 4.75. The summed E-state index contributed by atoms with van der Waals surface area (Å²) in [6.07, 6.45) is 6.42. The van der Waals surface area contributed by atoms with Crippen molar-refractivity contribution in [1.82, 2.24) is 24.6 Å². The number of anilines is 1. The van der Waals surface area contributed by atoms with Crippen LogP contribution in [-0.2, 0) is 0 Å². The number of aryl methyl sites for hydroxylation is 1. The predicted octanol–water partition coefficient (Wildman–Crippen LogP) is 4.86. The van der Waals surface area contributed by atoms with Crippen molar-refractivity contribution in [2.45, 2.75) is 45.6 Å². The highest BCUT2D eigenvalue weighted by atomic mass is 15.3. The van der Waals surface area contributed by atoms with E-state index in [1.165, 1.54) is 16.8 Å². The molecule has 0 saturated heterocycles. The van der Waals surface area contributed by atoms with Crippen LogP contribution in [0.1, 0.15) is 44.2 Å². The zero-order valence-corrected chi connectivity index (χ0v) is 17.1. The van der Waals surface area contributed by atoms with Gasteiger partial charge in [0.2, 0.25) is 0 Å². The molecule has 4 aromatic rings. The summed E-state index contributed by atoms with van der Waals surface area (Å²) in [7, 11) is 0. The molecule has 6 nitrogen and oxygen atoms in total. The van der Waals surface area contributed by atoms with Gasteiger partial charge in [-0.15, -0.1) is 5.10 Å². The Hall–Kier alpha value is -3.28. The number of nitrogens with zero attached hydrogens (tertiary/aromatic N) is 5. The van der Waals surface area contributed by atoms with Crippen LogP contribution in [0.3, 0.4) is 0 Å². The average Bonchev–Trinajstić information content (AvgIpc) is 3.13. The van der Waals surface area contributed by atoms with E-state index in [1.54, 1.807) is 18.6 Å². The van der Waals surface area contributed by atoms with Crippen molar-refractivity contribution >= 4 is 11.5 Å². The van der Waals surface area contributed by atoms with Crippen LogP contribution in [-0.4, -0.2) is 30.1 Å². The minimum Gasteiger partial charge on any atom is -0.380 e. The standard InChI is InChI=1S/C23H24N6/c1-14-11-17-15(2)13-23(3,4)27-19(17)12-18(14)20-7-10-25-22-26-21(28-29(20)22)16-5-8-24-9-6-16/h5-12,15,27H,13H2,1-4H3. The molecular weight excluding hydrogens is 360 g/mol. The van der Waals surface area contributed by atoms with Gasteiger partial charge in [-0.25, -0.2) is 4.98 Å². The van der Waals surface area contributed by atoms with Gasteiger partial charge in [-0.1, -0.05) is 13.0 Å². The van der Waals surface area contributed by atoms with Crippen molar-refractivity contribution in [1.29, 1.82) is 0 Å². The van der Waals surface area contributed by atoms with E-state index in [4.69, 9.17) is 5.10 Å². The molecule has 1 N–H and O–H groups in total. The third-order valence-electron chi connectivity index (χ3n) is 5.67. The maximum Gasteiger partial charge on any atom is 0.253 e. The van der Waals surface area contributed by atoms with Crippen LogP contribution in [0.15, 0.2) is 48.9 Å². The molecule has 1 atom stereocenters. The van der Waals surface area contributed by atoms with E-state index >= 15 is 0 Å². The summed E-state index contributed by atoms with van der Waals surface area (Å²) in [5.41, 5.74) is 6.94. The first-order valence-electron chi connectivity index (χ1n) is 9.96. The number of aromatic nitrogens is 5. The van der Waals surface area contributed by atoms with E-state index in [2.05, 4.69) is 60.1 Å². The number of hydrogen-bond donors (Lipinski definition) is 1. The molecule has 0 bridgehead atoms. The average molecular weight is 384 g/mol. The number of pyridine rings is 1. The molecule has 1 aromatic carbocycles. The van der Waals surface area contributed by atoms with E-state index in [0.29, 0.717) is 17.5 Å². The van der Waals surface area contributed by atoms with Crippen molar-refractivity contribution in [3.05, 3.63) is 60.0 Å². The minimum atomic E-state index is 0.0777. The quantitative estimate of drug-likeness (QED) is 0.534. The van der Waals surface area contributed by atoms with Crippen LogP contribution in [0.25, 0.3) is 28.4 Å². The van der Waals surface area contributed by atoms with Gasteiger partial charge in [-0.05, 0) is 68.5 Å². The molecule has 0 amide bonds. The summed E-state index contributed by atoms with van der Waals surface area (Å²) in [4.78, 5) is 13.1. The lowest BCUT2D eigenvalue weighted by Crippen LogP contribution is -2.36. The van der Waals surface area contributed by atoms with E-state index < -0.39 is 0 Å². The van der Waals surface area contributed by atoms with Gasteiger partial charge in [0.15, 0.2) is 5.82 Å². The Morgan fingerprint density at radius 1 is 1.10 bits per heavy atom. The fourth-order valence-corrected chi connectivity index (χ4v) is 4.43. The normalized spacial score (nSPS) is 17.7. The molecule has 6 heteroatoms. The minimum absolute atomic E-state index is 0.0777. The summed E-state index contributed by atoms with van der Waals surface area (Å²) in [6.45, 7) is 8.99. The summed E-state index contributed by atoms with van der Waals surface area (Å²) >= 11 is 0. The third-order valence-corrected chi connectivity index (χ3v) is 5.67. The second-order valence-corrected chi connectivity index (χ2v) is 8.58. The van der Waals surface area contributed by atoms with E-state index in [1.807, 2.05) is 22.7 Å². The highest BCUT2D eigenvalue weighted by molar-refractivity contribution is 5.74. The Balaban J connectivity index is 1.67. The SMILES string of the molecule is Cc1cc2c(cc1-c1ccnc3nc(-c4ccncc4)nn13)NC(C)(C)CC2C. The zero-order valence-electron chi connectivity index (χ0n) is 17.1. The van der Waals surface area contributed by atoms with Crippen LogP contribution in [0.5, 0.6) is 0 Å². The van der Waals surface area contributed by atoms with Gasteiger partial charge >= 0.3 is 0 Å². The monoisotopic (exact) mass is 384 g/mol. The smallest absolute Gasteiger partial charge is 0.253 e. The molecule has 0 aliphatic carbocycles. The lowest BCUT2D eigenvalue weighted by Gasteiger charge is -2.38. The van der Waals surface area contributed by atoms with Crippen LogP contribution >= 0.6 is 0 Å². The van der Waals surface area contributed by atoms with Crippen molar-refractivity contribution in [2.75, 3.05) is 5.32 Å². The summed E-state index contributed by atoms with van der Waals surface area (Å²) in [5, 5.41) is 8.47. The fourth-order valence-electron chi connectivity index (χ4n) is 4.43. The van der Waals surface area contributed by atoms with Crippen molar-refractivity contribution < 1.29 is 0 Å². The maximum absolute atomic E-state index is 4.75. The van der Waals surface area contributed by atoms with E-state index in [-0.39, 0.29) is 5.54 Å². The summed E-state index contributed by atoms with van der Waals surface area (Å²) < 4.78 is 1.84. The number of rotatable bonds is 2. The largest absolute Gasteiger partial charge is 0.380 e. The molecule has 3 aromatic heterocycles. The highest BCUT2D eigenvalue weighted by Gasteiger charge is 2.30. The Kier molecular flexibility index (Phi) is 3.91. The predicted molar refractivity (Wildman–Crippen MR) is 115 cm³/mol. The summed E-state index contributed by atoms with van der Waals surface area (Å²) in [5.74, 6) is 1.76. The first-order chi connectivity index (χ1) is 13.9. The van der Waals surface area contributed by atoms with Crippen LogP contribution < -0.4 is 5.32 Å². The van der Waals surface area contributed by atoms with Crippen molar-refractivity contribution in [2.24, 2.45) is 0 Å². The van der Waals surface area contributed by atoms with Crippen molar-refractivity contribution in [3.63, 3.8) is 0 Å². The van der Waals surface area contributed by atoms with E-state index in [9.17, 15) is 0 Å². The number of hydrogen-bond acceptors (Lipinski definition) is 5. The molecule has 0 fully saturated rings. The molecule has 0 saturated carbocycles. The van der Waals surface area contributed by atoms with Gasteiger partial charge in [-0.3, -0.25) is 4.98 Å². The highest BCUT2D eigenvalue weighted by Crippen LogP contribution is 2.41. The molecular formula is C23H24N6. The second kappa shape index (κ2) is 6.37. The Morgan fingerprint density at radius 2 is 1.90 bits per heavy atom. The van der Waals surface area contributed by atoms with Gasteiger partial charge in [0.05, 0.1) is 5.69 Å². The molecule has 0 radical (unpaired) electrons. The van der Waals surface area contributed by atoms with Gasteiger partial charge in [0.1, 0.15) is 0 Å². The second-order valence-electron chi connectivity index (χ2n) is 8.58. The Labute approximate surface area is 170 Å². The van der Waals surface area contributed by atoms with Crippen LogP contribution in [0.2, 0.25) is 0 Å². The lowest BCUT2D eigenvalue weighted by atomic mass is 9.80. The molecule has 4 heterocycles. The Morgan fingerprint density at radius 3 is 2.69 bits per heavy atom. The Bertz CT molecular complexity index is 1210. The van der Waals surface area contributed by atoms with E-state index in [0.717, 1.165) is 23.2 Å². The molecule has 29 heavy (non-hydrogen) atoms.